The molecule has 0 bridgehead atoms. The molecule has 1 spiro atoms. The van der Waals surface area contributed by atoms with E-state index >= 15 is 0 Å². The van der Waals surface area contributed by atoms with Crippen molar-refractivity contribution in [2.45, 2.75) is 38.0 Å². The van der Waals surface area contributed by atoms with Gasteiger partial charge in [-0.2, -0.15) is 0 Å². The molecule has 1 amide bonds. The van der Waals surface area contributed by atoms with E-state index in [0.29, 0.717) is 18.3 Å². The van der Waals surface area contributed by atoms with E-state index in [-0.39, 0.29) is 11.3 Å². The molecule has 154 valence electrons. The Morgan fingerprint density at radius 1 is 1.10 bits per heavy atom. The molecule has 1 saturated heterocycles. The molecule has 0 aliphatic carbocycles. The van der Waals surface area contributed by atoms with Crippen LogP contribution >= 0.6 is 0 Å². The molecule has 5 rings (SSSR count). The minimum absolute atomic E-state index is 0.00410. The van der Waals surface area contributed by atoms with Crippen LogP contribution in [0.15, 0.2) is 42.6 Å². The summed E-state index contributed by atoms with van der Waals surface area (Å²) in [6.45, 7) is 6.99. The summed E-state index contributed by atoms with van der Waals surface area (Å²) < 4.78 is 0. The predicted molar refractivity (Wildman–Crippen MR) is 117 cm³/mol. The molecular formula is C24H27N5O. The first-order valence-electron chi connectivity index (χ1n) is 10.7. The highest BCUT2D eigenvalue weighted by molar-refractivity contribution is 5.98. The Kier molecular flexibility index (Phi) is 4.66. The number of carbonyl (C=O) groups is 1. The normalized spacial score (nSPS) is 17.8. The van der Waals surface area contributed by atoms with Crippen LogP contribution in [0.3, 0.4) is 0 Å². The summed E-state index contributed by atoms with van der Waals surface area (Å²) in [6.07, 6.45) is 3.81. The van der Waals surface area contributed by atoms with Gasteiger partial charge in [-0.25, -0.2) is 9.97 Å². The highest BCUT2D eigenvalue weighted by atomic mass is 16.1. The molecule has 0 unspecified atom stereocenters. The zero-order chi connectivity index (χ0) is 20.7. The van der Waals surface area contributed by atoms with E-state index in [1.165, 1.54) is 5.56 Å². The van der Waals surface area contributed by atoms with Crippen LogP contribution < -0.4 is 10.6 Å². The highest BCUT2D eigenvalue weighted by Crippen LogP contribution is 2.39. The average molecular weight is 402 g/mol. The summed E-state index contributed by atoms with van der Waals surface area (Å²) in [5.41, 5.74) is 5.74. The van der Waals surface area contributed by atoms with Crippen LogP contribution in [0.4, 0.5) is 0 Å². The molecule has 1 fully saturated rings. The Balaban J connectivity index is 1.55. The van der Waals surface area contributed by atoms with E-state index in [9.17, 15) is 4.79 Å². The number of hydrogen-bond acceptors (Lipinski definition) is 4. The molecule has 30 heavy (non-hydrogen) atoms. The van der Waals surface area contributed by atoms with Gasteiger partial charge in [0, 0.05) is 29.4 Å². The van der Waals surface area contributed by atoms with Crippen molar-refractivity contribution in [3.8, 4) is 22.8 Å². The van der Waals surface area contributed by atoms with Gasteiger partial charge in [0.05, 0.1) is 17.0 Å². The number of hydrogen-bond donors (Lipinski definition) is 3. The minimum atomic E-state index is -0.0196. The largest absolute Gasteiger partial charge is 0.356 e. The lowest BCUT2D eigenvalue weighted by Gasteiger charge is -2.40. The van der Waals surface area contributed by atoms with E-state index in [1.54, 1.807) is 6.20 Å². The molecule has 2 aliphatic rings. The molecule has 4 heterocycles. The van der Waals surface area contributed by atoms with Gasteiger partial charge in [-0.1, -0.05) is 32.0 Å². The molecule has 1 aromatic carbocycles. The van der Waals surface area contributed by atoms with Gasteiger partial charge >= 0.3 is 0 Å². The van der Waals surface area contributed by atoms with E-state index in [1.807, 2.05) is 18.2 Å². The molecule has 3 N–H and O–H groups in total. The zero-order valence-electron chi connectivity index (χ0n) is 17.5. The lowest BCUT2D eigenvalue weighted by Crippen LogP contribution is -2.51. The number of rotatable bonds is 3. The molecule has 2 aromatic heterocycles. The Bertz CT molecular complexity index is 1090. The molecule has 0 radical (unpaired) electrons. The van der Waals surface area contributed by atoms with Crippen LogP contribution in [0.5, 0.6) is 0 Å². The molecule has 6 heteroatoms. The van der Waals surface area contributed by atoms with Crippen LogP contribution in [-0.4, -0.2) is 40.5 Å². The molecule has 3 aromatic rings. The fraction of sp³-hybridized carbons (Fsp3) is 0.375. The van der Waals surface area contributed by atoms with Crippen molar-refractivity contribution >= 4 is 5.91 Å². The Labute approximate surface area is 176 Å². The van der Waals surface area contributed by atoms with E-state index < -0.39 is 0 Å². The first-order chi connectivity index (χ1) is 14.6. The van der Waals surface area contributed by atoms with Gasteiger partial charge in [-0.15, -0.1) is 0 Å². The highest BCUT2D eigenvalue weighted by Gasteiger charge is 2.42. The van der Waals surface area contributed by atoms with Crippen molar-refractivity contribution in [3.63, 3.8) is 0 Å². The van der Waals surface area contributed by atoms with Crippen LogP contribution in [0, 0.1) is 0 Å². The first kappa shape index (κ1) is 19.0. The summed E-state index contributed by atoms with van der Waals surface area (Å²) in [5.74, 6) is 1.14. The van der Waals surface area contributed by atoms with Crippen molar-refractivity contribution in [3.05, 3.63) is 59.4 Å². The smallest absolute Gasteiger partial charge is 0.253 e. The van der Waals surface area contributed by atoms with Gasteiger partial charge in [0.25, 0.3) is 5.91 Å². The van der Waals surface area contributed by atoms with Crippen molar-refractivity contribution in [2.75, 3.05) is 19.6 Å². The molecule has 0 saturated carbocycles. The van der Waals surface area contributed by atoms with Crippen LogP contribution in [0.2, 0.25) is 0 Å². The Morgan fingerprint density at radius 3 is 2.73 bits per heavy atom. The van der Waals surface area contributed by atoms with Crippen molar-refractivity contribution in [1.29, 1.82) is 0 Å². The number of piperidine rings is 1. The van der Waals surface area contributed by atoms with Crippen LogP contribution in [-0.2, 0) is 5.41 Å². The number of amides is 1. The topological polar surface area (TPSA) is 82.7 Å². The van der Waals surface area contributed by atoms with E-state index in [0.717, 1.165) is 54.1 Å². The van der Waals surface area contributed by atoms with Gasteiger partial charge in [0.2, 0.25) is 0 Å². The van der Waals surface area contributed by atoms with Crippen LogP contribution in [0.25, 0.3) is 22.8 Å². The SMILES string of the molecule is CC(C)c1cccc(-c2nccc(-c3cc4c([nH]3)C3(CCNCC3)CNC4=O)n2)c1. The number of aromatic amines is 1. The van der Waals surface area contributed by atoms with Crippen molar-refractivity contribution < 1.29 is 4.79 Å². The second kappa shape index (κ2) is 7.36. The monoisotopic (exact) mass is 401 g/mol. The Hall–Kier alpha value is -2.99. The summed E-state index contributed by atoms with van der Waals surface area (Å²) in [7, 11) is 0. The first-order valence-corrected chi connectivity index (χ1v) is 10.7. The average Bonchev–Trinajstić information content (AvgIpc) is 3.25. The van der Waals surface area contributed by atoms with Gasteiger partial charge in [-0.05, 0) is 55.6 Å². The quantitative estimate of drug-likeness (QED) is 0.626. The van der Waals surface area contributed by atoms with Crippen molar-refractivity contribution in [2.24, 2.45) is 0 Å². The number of fused-ring (bicyclic) bond motifs is 2. The number of aromatic nitrogens is 3. The molecule has 6 nitrogen and oxygen atoms in total. The third-order valence-electron chi connectivity index (χ3n) is 6.48. The second-order valence-electron chi connectivity index (χ2n) is 8.73. The number of nitrogens with zero attached hydrogens (tertiary/aromatic N) is 2. The fourth-order valence-corrected chi connectivity index (χ4v) is 4.64. The molecule has 0 atom stereocenters. The van der Waals surface area contributed by atoms with Crippen molar-refractivity contribution in [1.82, 2.24) is 25.6 Å². The minimum Gasteiger partial charge on any atom is -0.356 e. The number of carbonyl (C=O) groups excluding carboxylic acids is 1. The maximum Gasteiger partial charge on any atom is 0.253 e. The van der Waals surface area contributed by atoms with Gasteiger partial charge in [0.15, 0.2) is 5.82 Å². The van der Waals surface area contributed by atoms with E-state index in [2.05, 4.69) is 52.6 Å². The molecular weight excluding hydrogens is 374 g/mol. The Morgan fingerprint density at radius 2 is 1.93 bits per heavy atom. The summed E-state index contributed by atoms with van der Waals surface area (Å²) in [5, 5.41) is 6.53. The van der Waals surface area contributed by atoms with Gasteiger partial charge < -0.3 is 15.6 Å². The maximum atomic E-state index is 12.6. The van der Waals surface area contributed by atoms with Gasteiger partial charge in [-0.3, -0.25) is 4.79 Å². The fourth-order valence-electron chi connectivity index (χ4n) is 4.64. The zero-order valence-corrected chi connectivity index (χ0v) is 17.5. The summed E-state index contributed by atoms with van der Waals surface area (Å²) in [6, 6.07) is 12.2. The predicted octanol–water partition coefficient (Wildman–Crippen LogP) is 3.63. The number of nitrogens with one attached hydrogen (secondary N) is 3. The second-order valence-corrected chi connectivity index (χ2v) is 8.73. The maximum absolute atomic E-state index is 12.6. The third kappa shape index (κ3) is 3.21. The lowest BCUT2D eigenvalue weighted by molar-refractivity contribution is 0.0913. The van der Waals surface area contributed by atoms with E-state index in [4.69, 9.17) is 4.98 Å². The molecule has 2 aliphatic heterocycles. The summed E-state index contributed by atoms with van der Waals surface area (Å²) in [4.78, 5) is 25.5. The van der Waals surface area contributed by atoms with Gasteiger partial charge in [0.1, 0.15) is 0 Å². The standard InChI is InChI=1S/C24H27N5O/c1-15(2)16-4-3-5-17(12-16)22-26-9-6-19(29-22)20-13-18-21(28-20)24(14-27-23(18)30)7-10-25-11-8-24/h3-6,9,12-13,15,25,28H,7-8,10-11,14H2,1-2H3,(H,27,30). The number of benzene rings is 1. The lowest BCUT2D eigenvalue weighted by atomic mass is 9.73. The van der Waals surface area contributed by atoms with Crippen LogP contribution in [0.1, 0.15) is 54.2 Å². The number of H-pyrrole nitrogens is 1. The third-order valence-corrected chi connectivity index (χ3v) is 6.48. The summed E-state index contributed by atoms with van der Waals surface area (Å²) >= 11 is 0.